The topological polar surface area (TPSA) is 104 Å². The molecule has 44 heavy (non-hydrogen) atoms. The maximum absolute atomic E-state index is 15.8. The molecule has 0 fully saturated rings. The molecule has 2 aromatic heterocycles. The van der Waals surface area contributed by atoms with Crippen LogP contribution in [0.1, 0.15) is 5.56 Å². The summed E-state index contributed by atoms with van der Waals surface area (Å²) < 4.78 is 114. The number of thioether (sulfide) groups is 1. The fraction of sp³-hybridized carbons (Fsp3) is 0.143. The van der Waals surface area contributed by atoms with Crippen LogP contribution in [0.15, 0.2) is 92.1 Å². The van der Waals surface area contributed by atoms with Gasteiger partial charge in [0.15, 0.2) is 5.82 Å². The van der Waals surface area contributed by atoms with Gasteiger partial charge in [-0.25, -0.2) is 21.5 Å². The summed E-state index contributed by atoms with van der Waals surface area (Å²) in [4.78, 5) is 11.4. The number of aromatic nitrogens is 2. The summed E-state index contributed by atoms with van der Waals surface area (Å²) in [7, 11) is -2.10. The summed E-state index contributed by atoms with van der Waals surface area (Å²) in [5, 5.41) is 3.74. The minimum absolute atomic E-state index is 0.0327. The lowest BCUT2D eigenvalue weighted by Gasteiger charge is -2.23. The maximum Gasteiger partial charge on any atom is 0.446 e. The second-order valence-corrected chi connectivity index (χ2v) is 12.0. The molecule has 0 unspecified atom stereocenters. The number of ether oxygens (including phenoxy) is 2. The summed E-state index contributed by atoms with van der Waals surface area (Å²) >= 11 is -0.712. The fourth-order valence-electron chi connectivity index (χ4n) is 4.39. The molecular weight excluding hydrogens is 633 g/mol. The van der Waals surface area contributed by atoms with Gasteiger partial charge in [0.1, 0.15) is 34.3 Å². The third-order valence-corrected chi connectivity index (χ3v) is 8.91. The van der Waals surface area contributed by atoms with Crippen LogP contribution < -0.4 is 19.3 Å². The van der Waals surface area contributed by atoms with Crippen molar-refractivity contribution in [3.05, 3.63) is 101 Å². The van der Waals surface area contributed by atoms with Crippen LogP contribution in [0.25, 0.3) is 16.6 Å². The average molecular weight is 654 g/mol. The predicted molar refractivity (Wildman–Crippen MR) is 151 cm³/mol. The van der Waals surface area contributed by atoms with Gasteiger partial charge in [0.05, 0.1) is 36.9 Å². The van der Waals surface area contributed by atoms with Gasteiger partial charge in [-0.15, -0.1) is 0 Å². The Kier molecular flexibility index (Phi) is 8.31. The van der Waals surface area contributed by atoms with Crippen molar-refractivity contribution in [3.8, 4) is 17.2 Å². The number of alkyl halides is 3. The number of pyridine rings is 1. The minimum Gasteiger partial charge on any atom is -0.497 e. The second-order valence-electron chi connectivity index (χ2n) is 9.07. The molecular formula is C28H20F5N3O6S2. The molecule has 230 valence electrons. The third kappa shape index (κ3) is 6.07. The molecule has 0 radical (unpaired) electrons. The van der Waals surface area contributed by atoms with Gasteiger partial charge >= 0.3 is 5.51 Å². The zero-order valence-corrected chi connectivity index (χ0v) is 24.3. The number of hydrogen-bond donors (Lipinski definition) is 0. The van der Waals surface area contributed by atoms with Crippen LogP contribution in [-0.4, -0.2) is 37.9 Å². The molecule has 5 rings (SSSR count). The molecule has 0 aliphatic rings. The molecule has 0 bridgehead atoms. The quantitative estimate of drug-likeness (QED) is 0.135. The van der Waals surface area contributed by atoms with Crippen molar-refractivity contribution in [2.24, 2.45) is 0 Å². The average Bonchev–Trinajstić information content (AvgIpc) is 3.50. The molecule has 0 saturated carbocycles. The summed E-state index contributed by atoms with van der Waals surface area (Å²) in [6.07, 6.45) is 1.15. The number of nitrogens with zero attached hydrogens (tertiary/aromatic N) is 3. The monoisotopic (exact) mass is 653 g/mol. The van der Waals surface area contributed by atoms with Crippen molar-refractivity contribution < 1.29 is 44.4 Å². The number of sulfonamides is 1. The Hall–Kier alpha value is -4.57. The van der Waals surface area contributed by atoms with Crippen LogP contribution >= 0.6 is 11.8 Å². The lowest BCUT2D eigenvalue weighted by Crippen LogP contribution is -2.31. The molecule has 0 spiro atoms. The van der Waals surface area contributed by atoms with E-state index in [2.05, 4.69) is 5.16 Å². The van der Waals surface area contributed by atoms with Gasteiger partial charge in [-0.1, -0.05) is 17.3 Å². The fourth-order valence-corrected chi connectivity index (χ4v) is 6.44. The van der Waals surface area contributed by atoms with Crippen LogP contribution in [-0.2, 0) is 16.6 Å². The number of hydrogen-bond acceptors (Lipinski definition) is 8. The van der Waals surface area contributed by atoms with E-state index in [1.807, 2.05) is 0 Å². The molecule has 0 atom stereocenters. The Morgan fingerprint density at radius 1 is 0.955 bits per heavy atom. The Morgan fingerprint density at radius 2 is 1.68 bits per heavy atom. The lowest BCUT2D eigenvalue weighted by molar-refractivity contribution is -0.0329. The highest BCUT2D eigenvalue weighted by Gasteiger charge is 2.33. The van der Waals surface area contributed by atoms with E-state index < -0.39 is 54.3 Å². The number of rotatable bonds is 9. The first-order valence-corrected chi connectivity index (χ1v) is 14.6. The number of halogens is 5. The molecule has 3 aromatic carbocycles. The molecule has 0 N–H and O–H groups in total. The van der Waals surface area contributed by atoms with E-state index in [1.54, 1.807) is 24.3 Å². The number of fused-ring (bicyclic) bond motifs is 1. The summed E-state index contributed by atoms with van der Waals surface area (Å²) in [6.45, 7) is -0.269. The van der Waals surface area contributed by atoms with Gasteiger partial charge in [0, 0.05) is 29.7 Å². The normalized spacial score (nSPS) is 12.0. The number of methoxy groups -OCH3 is 2. The Labute approximate surface area is 250 Å². The van der Waals surface area contributed by atoms with E-state index in [0.29, 0.717) is 17.4 Å². The highest BCUT2D eigenvalue weighted by molar-refractivity contribution is 8.00. The lowest BCUT2D eigenvalue weighted by atomic mass is 10.2. The zero-order chi connectivity index (χ0) is 31.8. The Morgan fingerprint density at radius 3 is 2.30 bits per heavy atom. The highest BCUT2D eigenvalue weighted by atomic mass is 32.2. The van der Waals surface area contributed by atoms with Crippen LogP contribution in [0.3, 0.4) is 0 Å². The van der Waals surface area contributed by atoms with E-state index in [4.69, 9.17) is 14.0 Å². The third-order valence-electron chi connectivity index (χ3n) is 6.38. The molecule has 9 nitrogen and oxygen atoms in total. The van der Waals surface area contributed by atoms with Crippen LogP contribution in [0.5, 0.6) is 11.5 Å². The smallest absolute Gasteiger partial charge is 0.446 e. The van der Waals surface area contributed by atoms with Gasteiger partial charge in [-0.05, 0) is 47.7 Å². The number of anilines is 1. The summed E-state index contributed by atoms with van der Waals surface area (Å²) in [5.41, 5.74) is -5.64. The molecule has 2 heterocycles. The van der Waals surface area contributed by atoms with E-state index in [9.17, 15) is 30.8 Å². The van der Waals surface area contributed by atoms with E-state index in [1.165, 1.54) is 19.2 Å². The van der Waals surface area contributed by atoms with Crippen LogP contribution in [0.2, 0.25) is 0 Å². The van der Waals surface area contributed by atoms with Gasteiger partial charge < -0.3 is 14.0 Å². The molecule has 0 aliphatic heterocycles. The zero-order valence-electron chi connectivity index (χ0n) is 22.6. The van der Waals surface area contributed by atoms with Gasteiger partial charge in [-0.2, -0.15) is 13.2 Å². The molecule has 5 aromatic rings. The first-order chi connectivity index (χ1) is 20.8. The predicted octanol–water partition coefficient (Wildman–Crippen LogP) is 6.28. The van der Waals surface area contributed by atoms with Crippen LogP contribution in [0.4, 0.5) is 27.8 Å². The van der Waals surface area contributed by atoms with E-state index in [0.717, 1.165) is 46.5 Å². The van der Waals surface area contributed by atoms with Crippen molar-refractivity contribution in [1.82, 2.24) is 9.72 Å². The second kappa shape index (κ2) is 11.8. The first-order valence-electron chi connectivity index (χ1n) is 12.4. The first kappa shape index (κ1) is 30.9. The van der Waals surface area contributed by atoms with Gasteiger partial charge in [-0.3, -0.25) is 9.36 Å². The van der Waals surface area contributed by atoms with Gasteiger partial charge in [0.25, 0.3) is 15.6 Å². The van der Waals surface area contributed by atoms with Crippen molar-refractivity contribution in [3.63, 3.8) is 0 Å². The molecule has 16 heteroatoms. The maximum atomic E-state index is 15.8. The van der Waals surface area contributed by atoms with Gasteiger partial charge in [0.2, 0.25) is 0 Å². The Bertz CT molecular complexity index is 2000. The SMILES string of the molecule is COc1ccc(CN(c2ccon2)S(=O)(=O)c2cc3ccc(=O)n(-c4cc(F)c(SC(F)(F)F)cc4OC)c3cc2F)cc1. The van der Waals surface area contributed by atoms with Crippen molar-refractivity contribution in [2.45, 2.75) is 21.8 Å². The largest absolute Gasteiger partial charge is 0.497 e. The summed E-state index contributed by atoms with van der Waals surface area (Å²) in [6, 6.07) is 13.1. The minimum atomic E-state index is -4.80. The summed E-state index contributed by atoms with van der Waals surface area (Å²) in [5.74, 6) is -2.51. The van der Waals surface area contributed by atoms with E-state index in [-0.39, 0.29) is 34.7 Å². The van der Waals surface area contributed by atoms with Crippen molar-refractivity contribution in [2.75, 3.05) is 18.5 Å². The number of benzene rings is 3. The molecule has 0 aliphatic carbocycles. The van der Waals surface area contributed by atoms with E-state index >= 15 is 4.39 Å². The van der Waals surface area contributed by atoms with Crippen LogP contribution in [0, 0.1) is 11.6 Å². The Balaban J connectivity index is 1.64. The highest BCUT2D eigenvalue weighted by Crippen LogP contribution is 2.41. The van der Waals surface area contributed by atoms with Crippen molar-refractivity contribution >= 4 is 38.5 Å². The standard InChI is InChI=1S/C28H20F5N3O6S2/c1-40-18-6-3-16(4-7-18)15-35(26-9-10-42-34-26)44(38,39)25-11-17-5-8-27(37)36(21(17)13-20(25)30)22-12-19(29)24(14-23(22)41-2)43-28(31,32)33/h3-14H,15H2,1-2H3. The van der Waals surface area contributed by atoms with Crippen molar-refractivity contribution in [1.29, 1.82) is 0 Å². The molecule has 0 amide bonds. The molecule has 0 saturated heterocycles.